The molecule has 0 aliphatic heterocycles. The molecule has 0 saturated heterocycles. The Hall–Kier alpha value is -2.55. The van der Waals surface area contributed by atoms with Crippen molar-refractivity contribution in [3.8, 4) is 0 Å². The number of carbonyl (C=O) groups is 2. The van der Waals surface area contributed by atoms with Crippen LogP contribution in [0.3, 0.4) is 0 Å². The van der Waals surface area contributed by atoms with Crippen molar-refractivity contribution in [1.82, 2.24) is 0 Å². The maximum absolute atomic E-state index is 12.9. The fourth-order valence-electron chi connectivity index (χ4n) is 1.91. The molecule has 0 spiro atoms. The lowest BCUT2D eigenvalue weighted by Gasteiger charge is -2.04. The Morgan fingerprint density at radius 3 is 2.05 bits per heavy atom. The molecule has 0 aromatic heterocycles. The Labute approximate surface area is 122 Å². The fraction of sp³-hybridized carbons (Fsp3) is 0.111. The summed E-state index contributed by atoms with van der Waals surface area (Å²) in [4.78, 5) is 24.1. The van der Waals surface area contributed by atoms with E-state index in [-0.39, 0.29) is 23.0 Å². The first-order valence-electron chi connectivity index (χ1n) is 6.57. The summed E-state index contributed by atoms with van der Waals surface area (Å²) in [5.41, 5.74) is 2.20. The second kappa shape index (κ2) is 6.27. The third-order valence-electron chi connectivity index (χ3n) is 3.12. The van der Waals surface area contributed by atoms with Crippen LogP contribution >= 0.6 is 0 Å². The number of hydrogen-bond donors (Lipinski definition) is 0. The molecular weight excluding hydrogens is 267 g/mol. The molecule has 0 heterocycles. The van der Waals surface area contributed by atoms with Crippen LogP contribution in [-0.2, 0) is 4.79 Å². The monoisotopic (exact) mass is 282 g/mol. The van der Waals surface area contributed by atoms with Crippen LogP contribution in [0.5, 0.6) is 0 Å². The van der Waals surface area contributed by atoms with E-state index in [2.05, 4.69) is 0 Å². The minimum atomic E-state index is -0.360. The molecule has 106 valence electrons. The van der Waals surface area contributed by atoms with Gasteiger partial charge in [0, 0.05) is 5.56 Å². The molecule has 2 nitrogen and oxygen atoms in total. The Morgan fingerprint density at radius 1 is 0.952 bits per heavy atom. The van der Waals surface area contributed by atoms with Gasteiger partial charge in [0.25, 0.3) is 0 Å². The number of halogens is 1. The van der Waals surface area contributed by atoms with Gasteiger partial charge in [-0.1, -0.05) is 42.0 Å². The Balaban J connectivity index is 2.39. The van der Waals surface area contributed by atoms with Gasteiger partial charge in [0.1, 0.15) is 5.82 Å². The first-order valence-corrected chi connectivity index (χ1v) is 6.57. The summed E-state index contributed by atoms with van der Waals surface area (Å²) in [6, 6.07) is 12.7. The lowest BCUT2D eigenvalue weighted by atomic mass is 9.97. The largest absolute Gasteiger partial charge is 0.294 e. The summed E-state index contributed by atoms with van der Waals surface area (Å²) in [6.45, 7) is 3.27. The van der Waals surface area contributed by atoms with E-state index in [0.717, 1.165) is 5.56 Å². The van der Waals surface area contributed by atoms with Crippen molar-refractivity contribution in [2.75, 3.05) is 0 Å². The van der Waals surface area contributed by atoms with E-state index in [0.29, 0.717) is 11.1 Å². The van der Waals surface area contributed by atoms with Crippen molar-refractivity contribution in [3.05, 3.63) is 76.6 Å². The van der Waals surface area contributed by atoms with E-state index < -0.39 is 0 Å². The number of allylic oxidation sites excluding steroid dienone is 1. The van der Waals surface area contributed by atoms with Crippen molar-refractivity contribution < 1.29 is 14.0 Å². The van der Waals surface area contributed by atoms with Gasteiger partial charge in [-0.05, 0) is 37.6 Å². The van der Waals surface area contributed by atoms with Crippen LogP contribution < -0.4 is 0 Å². The summed E-state index contributed by atoms with van der Waals surface area (Å²) >= 11 is 0. The molecule has 0 fully saturated rings. The molecule has 21 heavy (non-hydrogen) atoms. The van der Waals surface area contributed by atoms with Gasteiger partial charge in [0.15, 0.2) is 11.6 Å². The second-order valence-corrected chi connectivity index (χ2v) is 4.86. The first-order chi connectivity index (χ1) is 9.97. The SMILES string of the molecule is CC(=O)/C(=C\c1ccc(F)cc1)C(=O)c1ccc(C)cc1. The Kier molecular flexibility index (Phi) is 4.43. The number of aryl methyl sites for hydroxylation is 1. The van der Waals surface area contributed by atoms with Crippen LogP contribution in [-0.4, -0.2) is 11.6 Å². The van der Waals surface area contributed by atoms with Gasteiger partial charge in [-0.15, -0.1) is 0 Å². The number of carbonyl (C=O) groups excluding carboxylic acids is 2. The summed E-state index contributed by atoms with van der Waals surface area (Å²) in [5.74, 6) is -1.00. The molecule has 0 amide bonds. The number of rotatable bonds is 4. The highest BCUT2D eigenvalue weighted by Crippen LogP contribution is 2.15. The van der Waals surface area contributed by atoms with E-state index in [9.17, 15) is 14.0 Å². The highest BCUT2D eigenvalue weighted by molar-refractivity contribution is 6.28. The zero-order valence-corrected chi connectivity index (χ0v) is 11.9. The molecule has 0 N–H and O–H groups in total. The minimum absolute atomic E-state index is 0.0884. The zero-order valence-electron chi connectivity index (χ0n) is 11.9. The van der Waals surface area contributed by atoms with Crippen LogP contribution in [0.15, 0.2) is 54.1 Å². The molecule has 0 unspecified atom stereocenters. The molecule has 2 aromatic carbocycles. The van der Waals surface area contributed by atoms with Crippen LogP contribution in [0.2, 0.25) is 0 Å². The van der Waals surface area contributed by atoms with Gasteiger partial charge in [-0.2, -0.15) is 0 Å². The molecule has 3 heteroatoms. The zero-order chi connectivity index (χ0) is 15.4. The Morgan fingerprint density at radius 2 is 1.52 bits per heavy atom. The molecular formula is C18H15FO2. The van der Waals surface area contributed by atoms with Crippen LogP contribution in [0.4, 0.5) is 4.39 Å². The van der Waals surface area contributed by atoms with Crippen molar-refractivity contribution in [2.45, 2.75) is 13.8 Å². The number of Topliss-reactive ketones (excluding diaryl/α,β-unsaturated/α-hetero) is 2. The predicted molar refractivity (Wildman–Crippen MR) is 80.6 cm³/mol. The van der Waals surface area contributed by atoms with E-state index in [1.165, 1.54) is 37.3 Å². The van der Waals surface area contributed by atoms with E-state index in [4.69, 9.17) is 0 Å². The molecule has 0 saturated carbocycles. The topological polar surface area (TPSA) is 34.1 Å². The lowest BCUT2D eigenvalue weighted by Crippen LogP contribution is -2.10. The second-order valence-electron chi connectivity index (χ2n) is 4.86. The number of hydrogen-bond acceptors (Lipinski definition) is 2. The average Bonchev–Trinajstić information content (AvgIpc) is 2.46. The summed E-state index contributed by atoms with van der Waals surface area (Å²) < 4.78 is 12.9. The van der Waals surface area contributed by atoms with Crippen LogP contribution in [0.1, 0.15) is 28.4 Å². The standard InChI is InChI=1S/C18H15FO2/c1-12-3-7-15(8-4-12)18(21)17(13(2)20)11-14-5-9-16(19)10-6-14/h3-11H,1-2H3/b17-11+. The number of benzene rings is 2. The lowest BCUT2D eigenvalue weighted by molar-refractivity contribution is -0.113. The highest BCUT2D eigenvalue weighted by atomic mass is 19.1. The average molecular weight is 282 g/mol. The summed E-state index contributed by atoms with van der Waals surface area (Å²) in [6.07, 6.45) is 1.49. The molecule has 2 rings (SSSR count). The van der Waals surface area contributed by atoms with Crippen LogP contribution in [0, 0.1) is 12.7 Å². The van der Waals surface area contributed by atoms with Crippen molar-refractivity contribution >= 4 is 17.6 Å². The smallest absolute Gasteiger partial charge is 0.196 e. The van der Waals surface area contributed by atoms with Crippen molar-refractivity contribution in [3.63, 3.8) is 0 Å². The molecule has 0 radical (unpaired) electrons. The maximum Gasteiger partial charge on any atom is 0.196 e. The third kappa shape index (κ3) is 3.72. The number of ketones is 2. The molecule has 2 aromatic rings. The van der Waals surface area contributed by atoms with Gasteiger partial charge in [-0.25, -0.2) is 4.39 Å². The summed E-state index contributed by atoms with van der Waals surface area (Å²) in [5, 5.41) is 0. The third-order valence-corrected chi connectivity index (χ3v) is 3.12. The first kappa shape index (κ1) is 14.9. The summed E-state index contributed by atoms with van der Waals surface area (Å²) in [7, 11) is 0. The van der Waals surface area contributed by atoms with Gasteiger partial charge >= 0.3 is 0 Å². The van der Waals surface area contributed by atoms with E-state index in [1.807, 2.05) is 19.1 Å². The van der Waals surface area contributed by atoms with Crippen molar-refractivity contribution in [2.24, 2.45) is 0 Å². The van der Waals surface area contributed by atoms with Gasteiger partial charge in [-0.3, -0.25) is 9.59 Å². The Bertz CT molecular complexity index is 695. The highest BCUT2D eigenvalue weighted by Gasteiger charge is 2.16. The minimum Gasteiger partial charge on any atom is -0.294 e. The van der Waals surface area contributed by atoms with Gasteiger partial charge in [0.2, 0.25) is 0 Å². The molecule has 0 aliphatic carbocycles. The molecule has 0 atom stereocenters. The predicted octanol–water partition coefficient (Wildman–Crippen LogP) is 3.99. The normalized spacial score (nSPS) is 11.3. The molecule has 0 bridgehead atoms. The maximum atomic E-state index is 12.9. The van der Waals surface area contributed by atoms with E-state index in [1.54, 1.807) is 12.1 Å². The molecule has 0 aliphatic rings. The van der Waals surface area contributed by atoms with Gasteiger partial charge < -0.3 is 0 Å². The van der Waals surface area contributed by atoms with Gasteiger partial charge in [0.05, 0.1) is 5.57 Å². The quantitative estimate of drug-likeness (QED) is 0.368. The van der Waals surface area contributed by atoms with Crippen LogP contribution in [0.25, 0.3) is 6.08 Å². The van der Waals surface area contributed by atoms with E-state index >= 15 is 0 Å². The fourth-order valence-corrected chi connectivity index (χ4v) is 1.91. The van der Waals surface area contributed by atoms with Crippen molar-refractivity contribution in [1.29, 1.82) is 0 Å².